The highest BCUT2D eigenvalue weighted by molar-refractivity contribution is 7.92. The first-order chi connectivity index (χ1) is 12.4. The van der Waals surface area contributed by atoms with Gasteiger partial charge >= 0.3 is 6.18 Å². The van der Waals surface area contributed by atoms with E-state index >= 15 is 0 Å². The molecule has 0 saturated carbocycles. The third kappa shape index (κ3) is 5.57. The zero-order valence-corrected chi connectivity index (χ0v) is 15.3. The van der Waals surface area contributed by atoms with Gasteiger partial charge in [-0.25, -0.2) is 12.8 Å². The van der Waals surface area contributed by atoms with Gasteiger partial charge in [-0.15, -0.1) is 0 Å². The number of rotatable bonds is 5. The maximum Gasteiger partial charge on any atom is 0.416 e. The van der Waals surface area contributed by atoms with Gasteiger partial charge in [0.2, 0.25) is 15.9 Å². The average molecular weight is 425 g/mol. The van der Waals surface area contributed by atoms with Crippen LogP contribution in [0, 0.1) is 5.82 Å². The number of nitrogens with zero attached hydrogens (tertiary/aromatic N) is 1. The Labute approximate surface area is 157 Å². The van der Waals surface area contributed by atoms with Gasteiger partial charge in [0.1, 0.15) is 12.4 Å². The minimum Gasteiger partial charge on any atom is -0.325 e. The molecule has 5 nitrogen and oxygen atoms in total. The van der Waals surface area contributed by atoms with Crippen LogP contribution in [-0.4, -0.2) is 27.1 Å². The zero-order valence-electron chi connectivity index (χ0n) is 13.7. The quantitative estimate of drug-likeness (QED) is 0.740. The van der Waals surface area contributed by atoms with Crippen molar-refractivity contribution in [1.82, 2.24) is 0 Å². The van der Waals surface area contributed by atoms with Crippen molar-refractivity contribution in [2.24, 2.45) is 0 Å². The molecule has 0 aliphatic carbocycles. The van der Waals surface area contributed by atoms with Gasteiger partial charge in [-0.2, -0.15) is 13.2 Å². The van der Waals surface area contributed by atoms with E-state index in [2.05, 4.69) is 5.32 Å². The summed E-state index contributed by atoms with van der Waals surface area (Å²) in [5.41, 5.74) is -1.19. The van der Waals surface area contributed by atoms with Crippen molar-refractivity contribution in [3.05, 3.63) is 58.9 Å². The van der Waals surface area contributed by atoms with Crippen LogP contribution in [0.1, 0.15) is 5.56 Å². The summed E-state index contributed by atoms with van der Waals surface area (Å²) in [4.78, 5) is 12.2. The molecule has 2 rings (SSSR count). The van der Waals surface area contributed by atoms with Gasteiger partial charge in [-0.3, -0.25) is 9.10 Å². The largest absolute Gasteiger partial charge is 0.416 e. The van der Waals surface area contributed by atoms with Crippen LogP contribution < -0.4 is 9.62 Å². The molecular weight excluding hydrogens is 412 g/mol. The number of carbonyl (C=O) groups is 1. The zero-order chi connectivity index (χ0) is 20.4. The highest BCUT2D eigenvalue weighted by Gasteiger charge is 2.30. The molecule has 1 N–H and O–H groups in total. The van der Waals surface area contributed by atoms with Gasteiger partial charge in [0.05, 0.1) is 22.5 Å². The molecule has 0 radical (unpaired) electrons. The monoisotopic (exact) mass is 424 g/mol. The standard InChI is InChI=1S/C16H13ClF4N2O3S/c1-27(25,26)23(12-5-6-14(18)13(17)8-12)9-15(24)22-11-4-2-3-10(7-11)16(19,20)21/h2-8H,9H2,1H3,(H,22,24). The lowest BCUT2D eigenvalue weighted by Gasteiger charge is -2.22. The molecule has 2 aromatic rings. The molecule has 0 fully saturated rings. The number of amides is 1. The van der Waals surface area contributed by atoms with E-state index in [4.69, 9.17) is 11.6 Å². The average Bonchev–Trinajstić information content (AvgIpc) is 2.54. The Bertz CT molecular complexity index is 964. The van der Waals surface area contributed by atoms with E-state index in [1.54, 1.807) is 0 Å². The number of halogens is 5. The third-order valence-corrected chi connectivity index (χ3v) is 4.78. The number of hydrogen-bond donors (Lipinski definition) is 1. The number of carbonyl (C=O) groups excluding carboxylic acids is 1. The van der Waals surface area contributed by atoms with Crippen molar-refractivity contribution in [2.75, 3.05) is 22.4 Å². The summed E-state index contributed by atoms with van der Waals surface area (Å²) in [7, 11) is -3.95. The van der Waals surface area contributed by atoms with E-state index in [9.17, 15) is 30.8 Å². The number of hydrogen-bond acceptors (Lipinski definition) is 3. The molecule has 0 heterocycles. The summed E-state index contributed by atoms with van der Waals surface area (Å²) in [6.45, 7) is -0.739. The van der Waals surface area contributed by atoms with Crippen LogP contribution >= 0.6 is 11.6 Å². The second-order valence-corrected chi connectivity index (χ2v) is 7.81. The number of anilines is 2. The Morgan fingerprint density at radius 2 is 1.85 bits per heavy atom. The van der Waals surface area contributed by atoms with Crippen molar-refractivity contribution < 1.29 is 30.8 Å². The molecule has 2 aromatic carbocycles. The van der Waals surface area contributed by atoms with Crippen LogP contribution in [-0.2, 0) is 21.0 Å². The smallest absolute Gasteiger partial charge is 0.325 e. The molecule has 0 saturated heterocycles. The number of nitrogens with one attached hydrogen (secondary N) is 1. The Balaban J connectivity index is 2.23. The van der Waals surface area contributed by atoms with E-state index in [1.807, 2.05) is 0 Å². The van der Waals surface area contributed by atoms with Gasteiger partial charge in [-0.1, -0.05) is 17.7 Å². The second kappa shape index (κ2) is 7.73. The lowest BCUT2D eigenvalue weighted by atomic mass is 10.2. The molecule has 146 valence electrons. The van der Waals surface area contributed by atoms with Gasteiger partial charge in [-0.05, 0) is 36.4 Å². The predicted octanol–water partition coefficient (Wildman–Crippen LogP) is 3.90. The van der Waals surface area contributed by atoms with Gasteiger partial charge in [0.15, 0.2) is 0 Å². The molecule has 0 aliphatic rings. The first kappa shape index (κ1) is 21.0. The van der Waals surface area contributed by atoms with Gasteiger partial charge in [0, 0.05) is 5.69 Å². The SMILES string of the molecule is CS(=O)(=O)N(CC(=O)Nc1cccc(C(F)(F)F)c1)c1ccc(F)c(Cl)c1. The van der Waals surface area contributed by atoms with Crippen molar-refractivity contribution in [3.63, 3.8) is 0 Å². The summed E-state index contributed by atoms with van der Waals surface area (Å²) >= 11 is 5.63. The molecule has 11 heteroatoms. The van der Waals surface area contributed by atoms with Crippen molar-refractivity contribution in [1.29, 1.82) is 0 Å². The van der Waals surface area contributed by atoms with E-state index < -0.39 is 40.0 Å². The minimum absolute atomic E-state index is 0.0666. The normalized spacial score (nSPS) is 11.9. The highest BCUT2D eigenvalue weighted by Crippen LogP contribution is 2.30. The van der Waals surface area contributed by atoms with Crippen LogP contribution in [0.2, 0.25) is 5.02 Å². The number of sulfonamides is 1. The summed E-state index contributed by atoms with van der Waals surface area (Å²) in [5.74, 6) is -1.66. The fourth-order valence-electron chi connectivity index (χ4n) is 2.14. The number of benzene rings is 2. The Kier molecular flexibility index (Phi) is 6.01. The molecule has 27 heavy (non-hydrogen) atoms. The predicted molar refractivity (Wildman–Crippen MR) is 93.7 cm³/mol. The first-order valence-electron chi connectivity index (χ1n) is 7.28. The molecule has 1 amide bonds. The highest BCUT2D eigenvalue weighted by atomic mass is 35.5. The van der Waals surface area contributed by atoms with Crippen LogP contribution in [0.4, 0.5) is 28.9 Å². The third-order valence-electron chi connectivity index (χ3n) is 3.35. The van der Waals surface area contributed by atoms with E-state index in [1.165, 1.54) is 6.07 Å². The van der Waals surface area contributed by atoms with Crippen LogP contribution in [0.5, 0.6) is 0 Å². The summed E-state index contributed by atoms with van der Waals surface area (Å²) in [5, 5.41) is 1.85. The van der Waals surface area contributed by atoms with Crippen LogP contribution in [0.3, 0.4) is 0 Å². The lowest BCUT2D eigenvalue weighted by molar-refractivity contribution is -0.137. The second-order valence-electron chi connectivity index (χ2n) is 5.49. The van der Waals surface area contributed by atoms with Crippen LogP contribution in [0.15, 0.2) is 42.5 Å². The lowest BCUT2D eigenvalue weighted by Crippen LogP contribution is -2.37. The van der Waals surface area contributed by atoms with Gasteiger partial charge < -0.3 is 5.32 Å². The molecule has 0 aliphatic heterocycles. The fourth-order valence-corrected chi connectivity index (χ4v) is 3.17. The molecule has 0 bridgehead atoms. The molecule has 0 unspecified atom stereocenters. The summed E-state index contributed by atoms with van der Waals surface area (Å²) in [6.07, 6.45) is -3.77. The van der Waals surface area contributed by atoms with E-state index in [0.717, 1.165) is 42.7 Å². The Morgan fingerprint density at radius 1 is 1.19 bits per heavy atom. The minimum atomic E-state index is -4.59. The van der Waals surface area contributed by atoms with Crippen LogP contribution in [0.25, 0.3) is 0 Å². The topological polar surface area (TPSA) is 66.5 Å². The maximum absolute atomic E-state index is 13.3. The summed E-state index contributed by atoms with van der Waals surface area (Å²) < 4.78 is 76.0. The Hall–Kier alpha value is -2.33. The van der Waals surface area contributed by atoms with E-state index in [0.29, 0.717) is 4.31 Å². The van der Waals surface area contributed by atoms with Gasteiger partial charge in [0.25, 0.3) is 0 Å². The maximum atomic E-state index is 13.3. The molecule has 0 aromatic heterocycles. The Morgan fingerprint density at radius 3 is 2.41 bits per heavy atom. The first-order valence-corrected chi connectivity index (χ1v) is 9.50. The fraction of sp³-hybridized carbons (Fsp3) is 0.188. The van der Waals surface area contributed by atoms with Crippen molar-refractivity contribution >= 4 is 38.9 Å². The van der Waals surface area contributed by atoms with Crippen molar-refractivity contribution in [2.45, 2.75) is 6.18 Å². The van der Waals surface area contributed by atoms with Crippen molar-refractivity contribution in [3.8, 4) is 0 Å². The molecule has 0 spiro atoms. The number of alkyl halides is 3. The molecular formula is C16H13ClF4N2O3S. The molecule has 0 atom stereocenters. The summed E-state index contributed by atoms with van der Waals surface area (Å²) in [6, 6.07) is 6.95. The van der Waals surface area contributed by atoms with E-state index in [-0.39, 0.29) is 16.4 Å².